The van der Waals surface area contributed by atoms with E-state index in [9.17, 15) is 9.59 Å². The minimum atomic E-state index is -0.366. The summed E-state index contributed by atoms with van der Waals surface area (Å²) in [4.78, 5) is 29.5. The molecule has 3 aromatic rings. The Morgan fingerprint density at radius 2 is 1.82 bits per heavy atom. The number of rotatable bonds is 3. The zero-order valence-corrected chi connectivity index (χ0v) is 13.9. The first kappa shape index (κ1) is 14.8. The van der Waals surface area contributed by atoms with Crippen molar-refractivity contribution in [2.75, 3.05) is 0 Å². The van der Waals surface area contributed by atoms with Gasteiger partial charge < -0.3 is 4.57 Å². The normalized spacial score (nSPS) is 11.2. The molecule has 0 bridgehead atoms. The van der Waals surface area contributed by atoms with E-state index in [1.54, 1.807) is 11.6 Å². The molecule has 0 saturated heterocycles. The molecule has 0 saturated carbocycles. The van der Waals surface area contributed by atoms with E-state index >= 15 is 0 Å². The molecular weight excluding hydrogens is 348 g/mol. The Morgan fingerprint density at radius 3 is 2.45 bits per heavy atom. The van der Waals surface area contributed by atoms with Crippen molar-refractivity contribution in [2.24, 2.45) is 7.05 Å². The van der Waals surface area contributed by atoms with E-state index < -0.39 is 0 Å². The minimum Gasteiger partial charge on any atom is -0.313 e. The van der Waals surface area contributed by atoms with Crippen LogP contribution in [-0.4, -0.2) is 18.7 Å². The Labute approximate surface area is 134 Å². The van der Waals surface area contributed by atoms with Crippen LogP contribution in [0.1, 0.15) is 12.5 Å². The van der Waals surface area contributed by atoms with Crippen LogP contribution in [0.15, 0.2) is 44.7 Å². The summed E-state index contributed by atoms with van der Waals surface area (Å²) in [7, 11) is 1.63. The van der Waals surface area contributed by atoms with Gasteiger partial charge in [-0.1, -0.05) is 30.3 Å². The molecule has 1 aromatic carbocycles. The van der Waals surface area contributed by atoms with Crippen LogP contribution in [0.25, 0.3) is 11.2 Å². The quantitative estimate of drug-likeness (QED) is 0.666. The van der Waals surface area contributed by atoms with Crippen LogP contribution in [0.2, 0.25) is 0 Å². The van der Waals surface area contributed by atoms with Crippen LogP contribution in [0.3, 0.4) is 0 Å². The summed E-state index contributed by atoms with van der Waals surface area (Å²) in [6, 6.07) is 9.45. The first-order chi connectivity index (χ1) is 10.5. The second kappa shape index (κ2) is 5.57. The van der Waals surface area contributed by atoms with Gasteiger partial charge in [0, 0.05) is 13.6 Å². The van der Waals surface area contributed by atoms with Gasteiger partial charge in [-0.15, -0.1) is 0 Å². The maximum Gasteiger partial charge on any atom is 0.332 e. The van der Waals surface area contributed by atoms with Crippen LogP contribution in [0, 0.1) is 0 Å². The van der Waals surface area contributed by atoms with Crippen molar-refractivity contribution in [1.29, 1.82) is 0 Å². The van der Waals surface area contributed by atoms with E-state index in [1.165, 1.54) is 9.13 Å². The number of halogens is 1. The maximum absolute atomic E-state index is 12.8. The van der Waals surface area contributed by atoms with E-state index in [0.29, 0.717) is 22.4 Å². The number of aryl methyl sites for hydroxylation is 2. The van der Waals surface area contributed by atoms with Gasteiger partial charge in [0.25, 0.3) is 5.56 Å². The Hall–Kier alpha value is -2.15. The molecule has 0 N–H and O–H groups in total. The number of hydrogen-bond acceptors (Lipinski definition) is 3. The molecule has 6 nitrogen and oxygen atoms in total. The van der Waals surface area contributed by atoms with Crippen molar-refractivity contribution in [1.82, 2.24) is 18.7 Å². The Balaban J connectivity index is 2.32. The molecule has 2 heterocycles. The van der Waals surface area contributed by atoms with Crippen molar-refractivity contribution >= 4 is 27.1 Å². The summed E-state index contributed by atoms with van der Waals surface area (Å²) in [5.41, 5.74) is 1.06. The lowest BCUT2D eigenvalue weighted by atomic mass is 10.2. The fraction of sp³-hybridized carbons (Fsp3) is 0.267. The van der Waals surface area contributed by atoms with Crippen LogP contribution in [0.5, 0.6) is 0 Å². The molecule has 22 heavy (non-hydrogen) atoms. The van der Waals surface area contributed by atoms with E-state index in [-0.39, 0.29) is 17.8 Å². The van der Waals surface area contributed by atoms with Crippen LogP contribution in [-0.2, 0) is 20.1 Å². The summed E-state index contributed by atoms with van der Waals surface area (Å²) in [6.45, 7) is 2.77. The Bertz CT molecular complexity index is 954. The highest BCUT2D eigenvalue weighted by molar-refractivity contribution is 9.10. The number of fused-ring (bicyclic) bond motifs is 1. The summed E-state index contributed by atoms with van der Waals surface area (Å²) in [5.74, 6) is 0. The third-order valence-corrected chi connectivity index (χ3v) is 4.29. The number of benzene rings is 1. The maximum atomic E-state index is 12.8. The largest absolute Gasteiger partial charge is 0.332 e. The van der Waals surface area contributed by atoms with Gasteiger partial charge in [0.05, 0.1) is 6.54 Å². The summed E-state index contributed by atoms with van der Waals surface area (Å²) in [6.07, 6.45) is 0. The zero-order valence-electron chi connectivity index (χ0n) is 12.3. The minimum absolute atomic E-state index is 0.245. The van der Waals surface area contributed by atoms with Crippen LogP contribution < -0.4 is 11.2 Å². The second-order valence-corrected chi connectivity index (χ2v) is 5.73. The van der Waals surface area contributed by atoms with Gasteiger partial charge in [0.1, 0.15) is 0 Å². The predicted molar refractivity (Wildman–Crippen MR) is 88.2 cm³/mol. The lowest BCUT2D eigenvalue weighted by Crippen LogP contribution is -2.39. The van der Waals surface area contributed by atoms with Crippen molar-refractivity contribution in [3.05, 3.63) is 61.5 Å². The molecule has 0 amide bonds. The highest BCUT2D eigenvalue weighted by Crippen LogP contribution is 2.15. The number of imidazole rings is 1. The molecule has 0 aliphatic carbocycles. The summed E-state index contributed by atoms with van der Waals surface area (Å²) >= 11 is 3.34. The lowest BCUT2D eigenvalue weighted by molar-refractivity contribution is 0.651. The van der Waals surface area contributed by atoms with Gasteiger partial charge in [-0.25, -0.2) is 9.78 Å². The topological polar surface area (TPSA) is 61.8 Å². The van der Waals surface area contributed by atoms with Crippen molar-refractivity contribution in [2.45, 2.75) is 20.0 Å². The Morgan fingerprint density at radius 1 is 1.14 bits per heavy atom. The SMILES string of the molecule is CCn1c(Br)nc2c1c(=O)n(Cc1ccccc1)c(=O)n2C. The molecule has 0 aliphatic rings. The molecule has 0 aliphatic heterocycles. The molecular formula is C15H15BrN4O2. The van der Waals surface area contributed by atoms with Gasteiger partial charge in [-0.2, -0.15) is 0 Å². The van der Waals surface area contributed by atoms with Crippen molar-refractivity contribution < 1.29 is 0 Å². The first-order valence-electron chi connectivity index (χ1n) is 6.94. The molecule has 114 valence electrons. The number of hydrogen-bond donors (Lipinski definition) is 0. The number of aromatic nitrogens is 4. The molecule has 0 atom stereocenters. The average Bonchev–Trinajstić information content (AvgIpc) is 2.87. The second-order valence-electron chi connectivity index (χ2n) is 5.02. The van der Waals surface area contributed by atoms with Gasteiger partial charge in [0.15, 0.2) is 15.9 Å². The molecule has 0 radical (unpaired) electrons. The zero-order chi connectivity index (χ0) is 15.9. The third-order valence-electron chi connectivity index (χ3n) is 3.69. The summed E-state index contributed by atoms with van der Waals surface area (Å²) < 4.78 is 4.97. The van der Waals surface area contributed by atoms with E-state index in [4.69, 9.17) is 0 Å². The van der Waals surface area contributed by atoms with Gasteiger partial charge in [-0.3, -0.25) is 13.9 Å². The van der Waals surface area contributed by atoms with Gasteiger partial charge in [-0.05, 0) is 28.4 Å². The lowest BCUT2D eigenvalue weighted by Gasteiger charge is -2.09. The van der Waals surface area contributed by atoms with Gasteiger partial charge >= 0.3 is 5.69 Å². The smallest absolute Gasteiger partial charge is 0.313 e. The van der Waals surface area contributed by atoms with E-state index in [1.807, 2.05) is 37.3 Å². The standard InChI is InChI=1S/C15H15BrN4O2/c1-3-19-11-12(17-14(19)16)18(2)15(22)20(13(11)21)9-10-7-5-4-6-8-10/h4-8H,3,9H2,1-2H3. The highest BCUT2D eigenvalue weighted by atomic mass is 79.9. The number of nitrogens with zero attached hydrogens (tertiary/aromatic N) is 4. The molecule has 3 rings (SSSR count). The van der Waals surface area contributed by atoms with E-state index in [0.717, 1.165) is 5.56 Å². The first-order valence-corrected chi connectivity index (χ1v) is 7.73. The fourth-order valence-electron chi connectivity index (χ4n) is 2.54. The van der Waals surface area contributed by atoms with Crippen LogP contribution >= 0.6 is 15.9 Å². The summed E-state index contributed by atoms with van der Waals surface area (Å²) in [5, 5.41) is 0. The van der Waals surface area contributed by atoms with Crippen molar-refractivity contribution in [3.63, 3.8) is 0 Å². The molecule has 0 spiro atoms. The average molecular weight is 363 g/mol. The fourth-order valence-corrected chi connectivity index (χ4v) is 3.14. The molecule has 0 unspecified atom stereocenters. The third kappa shape index (κ3) is 2.21. The monoisotopic (exact) mass is 362 g/mol. The highest BCUT2D eigenvalue weighted by Gasteiger charge is 2.18. The van der Waals surface area contributed by atoms with Crippen molar-refractivity contribution in [3.8, 4) is 0 Å². The molecule has 2 aromatic heterocycles. The van der Waals surface area contributed by atoms with E-state index in [2.05, 4.69) is 20.9 Å². The molecule has 7 heteroatoms. The van der Waals surface area contributed by atoms with Gasteiger partial charge in [0.2, 0.25) is 0 Å². The Kier molecular flexibility index (Phi) is 3.74. The van der Waals surface area contributed by atoms with Crippen LogP contribution in [0.4, 0.5) is 0 Å². The molecule has 0 fully saturated rings. The predicted octanol–water partition coefficient (Wildman–Crippen LogP) is 1.73.